The number of carbonyl (C=O) groups is 2. The van der Waals surface area contributed by atoms with Crippen LogP contribution in [0.3, 0.4) is 0 Å². The summed E-state index contributed by atoms with van der Waals surface area (Å²) in [4.78, 5) is 47.9. The van der Waals surface area contributed by atoms with Crippen molar-refractivity contribution in [1.29, 1.82) is 0 Å². The summed E-state index contributed by atoms with van der Waals surface area (Å²) in [7, 11) is 3.78. The zero-order valence-corrected chi connectivity index (χ0v) is 26.2. The Bertz CT molecular complexity index is 1880. The molecule has 1 aromatic heterocycles. The fourth-order valence-electron chi connectivity index (χ4n) is 5.49. The number of hydrogen-bond donors (Lipinski definition) is 3. The zero-order chi connectivity index (χ0) is 32.8. The first-order chi connectivity index (χ1) is 22.2. The molecule has 2 aromatic carbocycles. The lowest BCUT2D eigenvalue weighted by atomic mass is 10.1. The first kappa shape index (κ1) is 32.0. The minimum Gasteiger partial charge on any atom is -0.390 e. The van der Waals surface area contributed by atoms with Crippen molar-refractivity contribution in [3.05, 3.63) is 117 Å². The number of imidazole rings is 1. The van der Waals surface area contributed by atoms with Gasteiger partial charge in [0.2, 0.25) is 5.91 Å². The van der Waals surface area contributed by atoms with E-state index >= 15 is 0 Å². The minimum absolute atomic E-state index is 0.0128. The fraction of sp³-hybridized carbons (Fsp3) is 0.257. The van der Waals surface area contributed by atoms with E-state index in [4.69, 9.17) is 11.5 Å². The third kappa shape index (κ3) is 7.10. The number of benzene rings is 2. The van der Waals surface area contributed by atoms with Crippen molar-refractivity contribution in [3.8, 4) is 5.69 Å². The summed E-state index contributed by atoms with van der Waals surface area (Å²) in [5, 5.41) is 3.49. The van der Waals surface area contributed by atoms with Gasteiger partial charge in [-0.05, 0) is 81.3 Å². The molecule has 238 valence electrons. The first-order valence-electron chi connectivity index (χ1n) is 15.3. The van der Waals surface area contributed by atoms with Gasteiger partial charge in [-0.3, -0.25) is 23.6 Å². The average molecular weight is 621 g/mol. The second-order valence-electron chi connectivity index (χ2n) is 11.4. The number of rotatable bonds is 10. The van der Waals surface area contributed by atoms with Crippen LogP contribution < -0.4 is 33.2 Å². The molecule has 0 bridgehead atoms. The van der Waals surface area contributed by atoms with E-state index in [0.717, 1.165) is 6.34 Å². The highest BCUT2D eigenvalue weighted by Crippen LogP contribution is 2.25. The van der Waals surface area contributed by atoms with Crippen LogP contribution in [0.5, 0.6) is 0 Å². The summed E-state index contributed by atoms with van der Waals surface area (Å²) in [5.74, 6) is -0.433. The van der Waals surface area contributed by atoms with E-state index in [9.17, 15) is 14.4 Å². The minimum atomic E-state index is -0.434. The van der Waals surface area contributed by atoms with Gasteiger partial charge in [0, 0.05) is 42.7 Å². The molecule has 1 atom stereocenters. The molecule has 0 aliphatic heterocycles. The SMILES string of the molecule is C=c1/c(=C(/N)N=CN)n(-c2ccc(C(=O)Nc3ccccc3)cc2)c(=O)n1C1C=C(N(C)C(=O)/C=C/CN(C)C2CC2)C=CCC1. The third-order valence-corrected chi connectivity index (χ3v) is 8.22. The van der Waals surface area contributed by atoms with Crippen molar-refractivity contribution < 1.29 is 9.59 Å². The molecule has 1 unspecified atom stereocenters. The number of nitrogens with one attached hydrogen (secondary N) is 1. The molecule has 2 aliphatic rings. The Morgan fingerprint density at radius 2 is 1.80 bits per heavy atom. The molecular weight excluding hydrogens is 580 g/mol. The number of anilines is 1. The van der Waals surface area contributed by atoms with Crippen LogP contribution in [-0.2, 0) is 4.79 Å². The molecule has 11 nitrogen and oxygen atoms in total. The predicted octanol–water partition coefficient (Wildman–Crippen LogP) is 2.20. The molecule has 5 rings (SSSR count). The number of nitrogens with zero attached hydrogens (tertiary/aromatic N) is 5. The summed E-state index contributed by atoms with van der Waals surface area (Å²) in [6, 6.07) is 15.9. The van der Waals surface area contributed by atoms with Crippen molar-refractivity contribution >= 4 is 36.2 Å². The second kappa shape index (κ2) is 14.1. The van der Waals surface area contributed by atoms with Crippen molar-refractivity contribution in [2.45, 2.75) is 37.8 Å². The number of carbonyl (C=O) groups excluding carboxylic acids is 2. The summed E-state index contributed by atoms with van der Waals surface area (Å²) in [6.45, 7) is 4.94. The molecule has 0 spiro atoms. The van der Waals surface area contributed by atoms with Crippen molar-refractivity contribution in [2.24, 2.45) is 16.5 Å². The Morgan fingerprint density at radius 3 is 2.48 bits per heavy atom. The summed E-state index contributed by atoms with van der Waals surface area (Å²) in [6.07, 6.45) is 14.0. The number of amides is 2. The van der Waals surface area contributed by atoms with Crippen LogP contribution in [0.15, 0.2) is 100 Å². The molecule has 0 radical (unpaired) electrons. The van der Waals surface area contributed by atoms with Gasteiger partial charge in [0.25, 0.3) is 5.91 Å². The Kier molecular flexibility index (Phi) is 9.82. The maximum atomic E-state index is 14.2. The van der Waals surface area contributed by atoms with Crippen molar-refractivity contribution in [3.63, 3.8) is 0 Å². The van der Waals surface area contributed by atoms with Crippen LogP contribution in [0.25, 0.3) is 18.1 Å². The first-order valence-corrected chi connectivity index (χ1v) is 15.3. The van der Waals surface area contributed by atoms with Crippen LogP contribution in [0.1, 0.15) is 42.1 Å². The highest BCUT2D eigenvalue weighted by atomic mass is 16.2. The molecule has 3 aromatic rings. The van der Waals surface area contributed by atoms with Gasteiger partial charge in [-0.2, -0.15) is 0 Å². The van der Waals surface area contributed by atoms with Crippen molar-refractivity contribution in [2.75, 3.05) is 26.0 Å². The molecule has 1 saturated carbocycles. The van der Waals surface area contributed by atoms with Crippen LogP contribution in [-0.4, -0.2) is 63.8 Å². The summed E-state index contributed by atoms with van der Waals surface area (Å²) in [5.41, 5.74) is 13.7. The average Bonchev–Trinajstić information content (AvgIpc) is 3.89. The number of aromatic nitrogens is 2. The monoisotopic (exact) mass is 620 g/mol. The third-order valence-electron chi connectivity index (χ3n) is 8.22. The lowest BCUT2D eigenvalue weighted by Crippen LogP contribution is -2.36. The van der Waals surface area contributed by atoms with Gasteiger partial charge >= 0.3 is 5.69 Å². The van der Waals surface area contributed by atoms with E-state index in [1.54, 1.807) is 59.0 Å². The van der Waals surface area contributed by atoms with E-state index in [-0.39, 0.29) is 23.0 Å². The number of likely N-dealkylation sites (N-methyl/N-ethyl adjacent to an activating group) is 2. The Hall–Kier alpha value is -5.42. The summed E-state index contributed by atoms with van der Waals surface area (Å²) < 4.78 is 2.99. The molecule has 2 amide bonds. The lowest BCUT2D eigenvalue weighted by molar-refractivity contribution is -0.123. The smallest absolute Gasteiger partial charge is 0.334 e. The van der Waals surface area contributed by atoms with E-state index in [1.165, 1.54) is 17.4 Å². The van der Waals surface area contributed by atoms with Gasteiger partial charge in [0.1, 0.15) is 5.35 Å². The molecule has 2 aliphatic carbocycles. The van der Waals surface area contributed by atoms with Gasteiger partial charge < -0.3 is 21.7 Å². The van der Waals surface area contributed by atoms with Gasteiger partial charge in [0.15, 0.2) is 5.82 Å². The summed E-state index contributed by atoms with van der Waals surface area (Å²) >= 11 is 0. The van der Waals surface area contributed by atoms with Crippen molar-refractivity contribution in [1.82, 2.24) is 18.9 Å². The Labute approximate surface area is 267 Å². The van der Waals surface area contributed by atoms with E-state index < -0.39 is 11.7 Å². The highest BCUT2D eigenvalue weighted by Gasteiger charge is 2.25. The van der Waals surface area contributed by atoms with Crippen LogP contribution in [0.2, 0.25) is 0 Å². The highest BCUT2D eigenvalue weighted by molar-refractivity contribution is 6.04. The van der Waals surface area contributed by atoms with E-state index in [1.807, 2.05) is 42.5 Å². The van der Waals surface area contributed by atoms with Gasteiger partial charge in [-0.25, -0.2) is 9.79 Å². The van der Waals surface area contributed by atoms with Gasteiger partial charge in [0.05, 0.1) is 23.4 Å². The molecule has 0 saturated heterocycles. The molecule has 5 N–H and O–H groups in total. The van der Waals surface area contributed by atoms with Gasteiger partial charge in [-0.1, -0.05) is 36.9 Å². The van der Waals surface area contributed by atoms with E-state index in [2.05, 4.69) is 28.8 Å². The van der Waals surface area contributed by atoms with Gasteiger partial charge in [-0.15, -0.1) is 0 Å². The second-order valence-corrected chi connectivity index (χ2v) is 11.4. The predicted molar refractivity (Wildman–Crippen MR) is 183 cm³/mol. The van der Waals surface area contributed by atoms with Crippen LogP contribution in [0.4, 0.5) is 5.69 Å². The normalized spacial score (nSPS) is 17.3. The molecule has 1 heterocycles. The maximum Gasteiger partial charge on any atom is 0.334 e. The Morgan fingerprint density at radius 1 is 1.09 bits per heavy atom. The number of hydrogen-bond acceptors (Lipinski definition) is 6. The number of allylic oxidation sites excluding steroid dienone is 3. The number of aliphatic imine (C=N–C) groups is 1. The van der Waals surface area contributed by atoms with Crippen LogP contribution >= 0.6 is 0 Å². The lowest BCUT2D eigenvalue weighted by Gasteiger charge is -2.19. The largest absolute Gasteiger partial charge is 0.390 e. The zero-order valence-electron chi connectivity index (χ0n) is 26.2. The maximum absolute atomic E-state index is 14.2. The molecule has 46 heavy (non-hydrogen) atoms. The van der Waals surface area contributed by atoms with Crippen LogP contribution in [0, 0.1) is 0 Å². The fourth-order valence-corrected chi connectivity index (χ4v) is 5.49. The Balaban J connectivity index is 1.48. The molecule has 1 fully saturated rings. The van der Waals surface area contributed by atoms with E-state index in [0.29, 0.717) is 53.4 Å². The quantitative estimate of drug-likeness (QED) is 0.180. The molecule has 11 heteroatoms. The topological polar surface area (TPSA) is 144 Å². The number of para-hydroxylation sites is 1. The number of nitrogens with two attached hydrogens (primary N) is 2. The standard InChI is InChI=1S/C35H40N8O3/c1-24-32(33(37)38-23-36)43(28-17-15-25(16-18-28)34(45)39-26-10-5-4-6-11-26)35(46)42(24)30-13-8-7-12-29(22-30)41(3)31(44)14-9-21-40(2)27-19-20-27/h4-7,9-12,14-18,22-23,27,30H,1,8,13,19-21,37H2,2-3H3,(H2,36,38)(H,39,45)/b14-9+,33-32+. The molecular formula is C35H40N8O3.